The zero-order valence-corrected chi connectivity index (χ0v) is 13.8. The van der Waals surface area contributed by atoms with Crippen LogP contribution in [-0.4, -0.2) is 49.0 Å². The largest absolute Gasteiger partial charge is 0.493 e. The van der Waals surface area contributed by atoms with Crippen LogP contribution in [0.4, 0.5) is 0 Å². The number of nitrogens with one attached hydrogen (secondary N) is 1. The third kappa shape index (κ3) is 4.80. The minimum absolute atomic E-state index is 0.291. The van der Waals surface area contributed by atoms with Crippen molar-refractivity contribution in [2.24, 2.45) is 5.92 Å². The number of methoxy groups -OCH3 is 1. The quantitative estimate of drug-likeness (QED) is 0.753. The summed E-state index contributed by atoms with van der Waals surface area (Å²) in [5, 5.41) is 8.06. The SMILES string of the molecule is CCNC(CC(C)C)c1c(OC)cnn1CCN(C)C. The van der Waals surface area contributed by atoms with Gasteiger partial charge in [0.15, 0.2) is 5.75 Å². The minimum Gasteiger partial charge on any atom is -0.493 e. The Hall–Kier alpha value is -1.07. The molecule has 1 unspecified atom stereocenters. The van der Waals surface area contributed by atoms with Crippen LogP contribution in [0, 0.1) is 5.92 Å². The lowest BCUT2D eigenvalue weighted by Crippen LogP contribution is -2.27. The Bertz CT molecular complexity index is 387. The van der Waals surface area contributed by atoms with Crippen LogP contribution in [0.3, 0.4) is 0 Å². The number of aromatic nitrogens is 2. The molecule has 116 valence electrons. The zero-order valence-electron chi connectivity index (χ0n) is 13.8. The van der Waals surface area contributed by atoms with Gasteiger partial charge < -0.3 is 15.0 Å². The molecule has 0 saturated heterocycles. The number of ether oxygens (including phenoxy) is 1. The van der Waals surface area contributed by atoms with E-state index in [-0.39, 0.29) is 0 Å². The third-order valence-electron chi connectivity index (χ3n) is 3.31. The van der Waals surface area contributed by atoms with Crippen molar-refractivity contribution in [2.45, 2.75) is 39.8 Å². The lowest BCUT2D eigenvalue weighted by molar-refractivity contribution is 0.342. The van der Waals surface area contributed by atoms with E-state index in [2.05, 4.69) is 54.9 Å². The molecule has 1 N–H and O–H groups in total. The maximum absolute atomic E-state index is 5.50. The van der Waals surface area contributed by atoms with Crippen LogP contribution >= 0.6 is 0 Å². The van der Waals surface area contributed by atoms with Gasteiger partial charge in [-0.25, -0.2) is 0 Å². The molecule has 0 aromatic carbocycles. The molecule has 1 aromatic rings. The van der Waals surface area contributed by atoms with Gasteiger partial charge in [0.1, 0.15) is 0 Å². The van der Waals surface area contributed by atoms with E-state index < -0.39 is 0 Å². The van der Waals surface area contributed by atoms with Crippen molar-refractivity contribution in [3.8, 4) is 5.75 Å². The van der Waals surface area contributed by atoms with Gasteiger partial charge in [0.25, 0.3) is 0 Å². The second-order valence-corrected chi connectivity index (χ2v) is 5.86. The highest BCUT2D eigenvalue weighted by Gasteiger charge is 2.22. The van der Waals surface area contributed by atoms with Crippen molar-refractivity contribution in [3.05, 3.63) is 11.9 Å². The van der Waals surface area contributed by atoms with Gasteiger partial charge in [-0.3, -0.25) is 4.68 Å². The van der Waals surface area contributed by atoms with Gasteiger partial charge in [-0.1, -0.05) is 20.8 Å². The fourth-order valence-electron chi connectivity index (χ4n) is 2.37. The molecule has 0 radical (unpaired) electrons. The molecule has 0 bridgehead atoms. The molecule has 5 heteroatoms. The van der Waals surface area contributed by atoms with Crippen LogP contribution in [0.5, 0.6) is 5.75 Å². The van der Waals surface area contributed by atoms with Gasteiger partial charge in [0.2, 0.25) is 0 Å². The van der Waals surface area contributed by atoms with Gasteiger partial charge in [-0.05, 0) is 33.0 Å². The molecule has 0 aliphatic rings. The molecule has 0 saturated carbocycles. The average Bonchev–Trinajstić information content (AvgIpc) is 2.78. The Morgan fingerprint density at radius 2 is 2.10 bits per heavy atom. The van der Waals surface area contributed by atoms with Crippen molar-refractivity contribution in [3.63, 3.8) is 0 Å². The monoisotopic (exact) mass is 282 g/mol. The summed E-state index contributed by atoms with van der Waals surface area (Å²) < 4.78 is 7.58. The molecule has 0 aliphatic heterocycles. The molecular formula is C15H30N4O. The summed E-state index contributed by atoms with van der Waals surface area (Å²) in [5.74, 6) is 1.51. The van der Waals surface area contributed by atoms with Crippen LogP contribution < -0.4 is 10.1 Å². The molecule has 1 atom stereocenters. The van der Waals surface area contributed by atoms with Crippen molar-refractivity contribution in [2.75, 3.05) is 34.3 Å². The average molecular weight is 282 g/mol. The van der Waals surface area contributed by atoms with E-state index in [0.717, 1.165) is 31.8 Å². The number of rotatable bonds is 9. The summed E-state index contributed by atoms with van der Waals surface area (Å²) in [7, 11) is 5.88. The smallest absolute Gasteiger partial charge is 0.161 e. The highest BCUT2D eigenvalue weighted by molar-refractivity contribution is 5.28. The highest BCUT2D eigenvalue weighted by Crippen LogP contribution is 2.29. The van der Waals surface area contributed by atoms with E-state index in [9.17, 15) is 0 Å². The Labute approximate surface area is 123 Å². The van der Waals surface area contributed by atoms with E-state index in [1.807, 2.05) is 6.20 Å². The molecule has 1 rings (SSSR count). The Morgan fingerprint density at radius 1 is 1.40 bits per heavy atom. The van der Waals surface area contributed by atoms with E-state index in [1.165, 1.54) is 5.69 Å². The fraction of sp³-hybridized carbons (Fsp3) is 0.800. The van der Waals surface area contributed by atoms with Gasteiger partial charge in [0.05, 0.1) is 31.6 Å². The van der Waals surface area contributed by atoms with Crippen LogP contribution in [0.25, 0.3) is 0 Å². The molecule has 1 aromatic heterocycles. The Morgan fingerprint density at radius 3 is 2.60 bits per heavy atom. The van der Waals surface area contributed by atoms with E-state index >= 15 is 0 Å². The number of likely N-dealkylation sites (N-methyl/N-ethyl adjacent to an activating group) is 1. The third-order valence-corrected chi connectivity index (χ3v) is 3.31. The molecule has 20 heavy (non-hydrogen) atoms. The second kappa shape index (κ2) is 8.27. The molecule has 0 fully saturated rings. The van der Waals surface area contributed by atoms with Gasteiger partial charge >= 0.3 is 0 Å². The first-order chi connectivity index (χ1) is 9.49. The molecule has 0 spiro atoms. The summed E-state index contributed by atoms with van der Waals surface area (Å²) >= 11 is 0. The first-order valence-corrected chi connectivity index (χ1v) is 7.47. The maximum atomic E-state index is 5.50. The first kappa shape index (κ1) is 17.0. The maximum Gasteiger partial charge on any atom is 0.161 e. The minimum atomic E-state index is 0.291. The van der Waals surface area contributed by atoms with Crippen LogP contribution in [0.2, 0.25) is 0 Å². The van der Waals surface area contributed by atoms with Crippen molar-refractivity contribution in [1.82, 2.24) is 20.0 Å². The van der Waals surface area contributed by atoms with E-state index in [0.29, 0.717) is 12.0 Å². The summed E-state index contributed by atoms with van der Waals surface area (Å²) in [6.45, 7) is 9.43. The second-order valence-electron chi connectivity index (χ2n) is 5.86. The van der Waals surface area contributed by atoms with Crippen LogP contribution in [0.15, 0.2) is 6.20 Å². The fourth-order valence-corrected chi connectivity index (χ4v) is 2.37. The predicted octanol–water partition coefficient (Wildman–Crippen LogP) is 2.15. The van der Waals surface area contributed by atoms with Gasteiger partial charge in [-0.2, -0.15) is 5.10 Å². The van der Waals surface area contributed by atoms with Crippen molar-refractivity contribution in [1.29, 1.82) is 0 Å². The normalized spacial score (nSPS) is 13.2. The number of hydrogen-bond donors (Lipinski definition) is 1. The molecule has 0 amide bonds. The number of nitrogens with zero attached hydrogens (tertiary/aromatic N) is 3. The molecule has 1 heterocycles. The van der Waals surface area contributed by atoms with Crippen molar-refractivity contribution < 1.29 is 4.74 Å². The molecule has 0 aliphatic carbocycles. The van der Waals surface area contributed by atoms with E-state index in [1.54, 1.807) is 7.11 Å². The highest BCUT2D eigenvalue weighted by atomic mass is 16.5. The Balaban J connectivity index is 2.99. The summed E-state index contributed by atoms with van der Waals surface area (Å²) in [4.78, 5) is 2.17. The molecular weight excluding hydrogens is 252 g/mol. The predicted molar refractivity (Wildman–Crippen MR) is 83.2 cm³/mol. The summed E-state index contributed by atoms with van der Waals surface area (Å²) in [6, 6.07) is 0.291. The molecule has 5 nitrogen and oxygen atoms in total. The lowest BCUT2D eigenvalue weighted by Gasteiger charge is -2.23. The van der Waals surface area contributed by atoms with Crippen molar-refractivity contribution >= 4 is 0 Å². The van der Waals surface area contributed by atoms with Gasteiger partial charge in [-0.15, -0.1) is 0 Å². The first-order valence-electron chi connectivity index (χ1n) is 7.47. The van der Waals surface area contributed by atoms with Crippen LogP contribution in [0.1, 0.15) is 38.9 Å². The Kier molecular flexibility index (Phi) is 7.02. The summed E-state index contributed by atoms with van der Waals surface area (Å²) in [6.07, 6.45) is 2.91. The lowest BCUT2D eigenvalue weighted by atomic mass is 10.0. The van der Waals surface area contributed by atoms with Crippen LogP contribution in [-0.2, 0) is 6.54 Å². The topological polar surface area (TPSA) is 42.3 Å². The standard InChI is InChI=1S/C15H30N4O/c1-7-16-13(10-12(2)3)15-14(20-6)11-17-19(15)9-8-18(4)5/h11-13,16H,7-10H2,1-6H3. The summed E-state index contributed by atoms with van der Waals surface area (Å²) in [5.41, 5.74) is 1.17. The van der Waals surface area contributed by atoms with E-state index in [4.69, 9.17) is 4.74 Å². The van der Waals surface area contributed by atoms with Gasteiger partial charge in [0, 0.05) is 6.54 Å². The zero-order chi connectivity index (χ0) is 15.1. The number of hydrogen-bond acceptors (Lipinski definition) is 4.